The third-order valence-electron chi connectivity index (χ3n) is 14.0. The molecule has 0 heterocycles. The number of aliphatic hydroxyl groups excluding tert-OH is 2. The summed E-state index contributed by atoms with van der Waals surface area (Å²) in [7, 11) is 0. The van der Waals surface area contributed by atoms with Crippen molar-refractivity contribution >= 4 is 0 Å². The molecule has 1 atom stereocenters. The molecule has 62 heavy (non-hydrogen) atoms. The molecular weight excluding hydrogens is 753 g/mol. The summed E-state index contributed by atoms with van der Waals surface area (Å²) in [6.45, 7) is 7.21. The van der Waals surface area contributed by atoms with E-state index in [1.807, 2.05) is 0 Å². The summed E-state index contributed by atoms with van der Waals surface area (Å²) >= 11 is 0. The van der Waals surface area contributed by atoms with E-state index in [2.05, 4.69) is 20.8 Å². The monoisotopic (exact) mass is 877 g/mol. The van der Waals surface area contributed by atoms with Crippen LogP contribution >= 0.6 is 0 Å². The van der Waals surface area contributed by atoms with Crippen LogP contribution in [0, 0.1) is 0 Å². The second-order valence-corrected chi connectivity index (χ2v) is 20.6. The number of unbranched alkanes of at least 4 members (excludes halogenated alkanes) is 50. The summed E-state index contributed by atoms with van der Waals surface area (Å²) in [5, 5.41) is 18.7. The molecule has 0 aliphatic heterocycles. The Hall–Kier alpha value is -0.0800. The second-order valence-electron chi connectivity index (χ2n) is 20.6. The summed E-state index contributed by atoms with van der Waals surface area (Å²) < 4.78 is 0. The second kappa shape index (κ2) is 63.0. The van der Waals surface area contributed by atoms with Crippen LogP contribution in [-0.4, -0.2) is 22.9 Å². The van der Waals surface area contributed by atoms with Crippen molar-refractivity contribution in [3.05, 3.63) is 0 Å². The summed E-state index contributed by atoms with van der Waals surface area (Å²) in [6, 6.07) is 0. The predicted octanol–water partition coefficient (Wildman–Crippen LogP) is 21.8. The van der Waals surface area contributed by atoms with Gasteiger partial charge in [0.15, 0.2) is 0 Å². The summed E-state index contributed by atoms with van der Waals surface area (Å²) in [5.74, 6) is 0. The Bertz CT molecular complexity index is 671. The highest BCUT2D eigenvalue weighted by molar-refractivity contribution is 4.58. The summed E-state index contributed by atoms with van der Waals surface area (Å²) in [4.78, 5) is 0. The first-order chi connectivity index (χ1) is 30.7. The quantitative estimate of drug-likeness (QED) is 0.0598. The molecule has 0 saturated heterocycles. The van der Waals surface area contributed by atoms with E-state index in [9.17, 15) is 5.11 Å². The molecule has 2 nitrogen and oxygen atoms in total. The van der Waals surface area contributed by atoms with Crippen LogP contribution in [0.4, 0.5) is 0 Å². The van der Waals surface area contributed by atoms with Crippen molar-refractivity contribution in [2.24, 2.45) is 0 Å². The van der Waals surface area contributed by atoms with Gasteiger partial charge in [0.05, 0.1) is 6.10 Å². The van der Waals surface area contributed by atoms with Gasteiger partial charge in [-0.3, -0.25) is 0 Å². The van der Waals surface area contributed by atoms with Gasteiger partial charge in [0, 0.05) is 6.61 Å². The van der Waals surface area contributed by atoms with E-state index in [1.165, 1.54) is 334 Å². The molecule has 0 radical (unpaired) electrons. The van der Waals surface area contributed by atoms with Crippen LogP contribution < -0.4 is 0 Å². The number of rotatable bonds is 55. The van der Waals surface area contributed by atoms with Crippen LogP contribution in [0.25, 0.3) is 0 Å². The Kier molecular flexibility index (Phi) is 65.0. The third-order valence-corrected chi connectivity index (χ3v) is 14.0. The predicted molar refractivity (Wildman–Crippen MR) is 284 cm³/mol. The van der Waals surface area contributed by atoms with Gasteiger partial charge in [-0.15, -0.1) is 0 Å². The lowest BCUT2D eigenvalue weighted by Crippen LogP contribution is -2.05. The highest BCUT2D eigenvalue weighted by Gasteiger charge is 2.04. The van der Waals surface area contributed by atoms with Gasteiger partial charge in [-0.2, -0.15) is 0 Å². The molecule has 0 spiro atoms. The Morgan fingerprint density at radius 3 is 0.484 bits per heavy atom. The van der Waals surface area contributed by atoms with E-state index < -0.39 is 0 Å². The molecule has 376 valence electrons. The van der Waals surface area contributed by atoms with Gasteiger partial charge in [-0.25, -0.2) is 0 Å². The van der Waals surface area contributed by atoms with Crippen molar-refractivity contribution in [1.82, 2.24) is 0 Å². The molecule has 0 bridgehead atoms. The van der Waals surface area contributed by atoms with E-state index in [-0.39, 0.29) is 6.10 Å². The molecule has 0 aromatic rings. The van der Waals surface area contributed by atoms with E-state index in [4.69, 9.17) is 5.11 Å². The first kappa shape index (κ1) is 64.0. The lowest BCUT2D eigenvalue weighted by molar-refractivity contribution is 0.147. The van der Waals surface area contributed by atoms with Gasteiger partial charge in [0.1, 0.15) is 0 Å². The molecule has 2 N–H and O–H groups in total. The highest BCUT2D eigenvalue weighted by atomic mass is 16.3. The van der Waals surface area contributed by atoms with Crippen LogP contribution in [0.3, 0.4) is 0 Å². The maximum absolute atomic E-state index is 9.94. The molecule has 0 aliphatic carbocycles. The maximum Gasteiger partial charge on any atom is 0.0540 e. The minimum atomic E-state index is -0.0285. The van der Waals surface area contributed by atoms with Gasteiger partial charge in [0.25, 0.3) is 0 Å². The summed E-state index contributed by atoms with van der Waals surface area (Å²) in [6.07, 6.45) is 77.4. The van der Waals surface area contributed by atoms with E-state index in [0.717, 1.165) is 19.3 Å². The fraction of sp³-hybridized carbons (Fsp3) is 1.00. The highest BCUT2D eigenvalue weighted by Crippen LogP contribution is 2.19. The minimum absolute atomic E-state index is 0.0285. The fourth-order valence-electron chi connectivity index (χ4n) is 9.54. The van der Waals surface area contributed by atoms with Crippen molar-refractivity contribution < 1.29 is 10.2 Å². The molecule has 1 unspecified atom stereocenters. The third kappa shape index (κ3) is 64.2. The zero-order valence-electron chi connectivity index (χ0n) is 44.1. The first-order valence-electron chi connectivity index (χ1n) is 30.0. The van der Waals surface area contributed by atoms with Crippen molar-refractivity contribution in [2.45, 2.75) is 380 Å². The SMILES string of the molecule is CCCCCCCCCCCCCCCCC(O)CCCCCC.CCCCCCCCCCCCCCCCCCCCCCCCCCCCCCCCCCCCCO. The van der Waals surface area contributed by atoms with Crippen LogP contribution in [0.15, 0.2) is 0 Å². The van der Waals surface area contributed by atoms with Gasteiger partial charge >= 0.3 is 0 Å². The molecule has 0 aliphatic rings. The Morgan fingerprint density at radius 2 is 0.323 bits per heavy atom. The molecular formula is C60H124O2. The number of aliphatic hydroxyl groups is 2. The lowest BCUT2D eigenvalue weighted by Gasteiger charge is -2.10. The van der Waals surface area contributed by atoms with Crippen LogP contribution in [0.2, 0.25) is 0 Å². The zero-order chi connectivity index (χ0) is 45.2. The Labute approximate surface area is 395 Å². The first-order valence-corrected chi connectivity index (χ1v) is 30.0. The lowest BCUT2D eigenvalue weighted by atomic mass is 10.0. The van der Waals surface area contributed by atoms with Gasteiger partial charge in [-0.05, 0) is 19.3 Å². The van der Waals surface area contributed by atoms with E-state index in [1.54, 1.807) is 0 Å². The summed E-state index contributed by atoms with van der Waals surface area (Å²) in [5.41, 5.74) is 0. The molecule has 0 aromatic carbocycles. The topological polar surface area (TPSA) is 40.5 Å². The van der Waals surface area contributed by atoms with Crippen LogP contribution in [-0.2, 0) is 0 Å². The molecule has 0 aromatic heterocycles. The van der Waals surface area contributed by atoms with E-state index >= 15 is 0 Å². The Balaban J connectivity index is 0. The zero-order valence-corrected chi connectivity index (χ0v) is 44.1. The van der Waals surface area contributed by atoms with Crippen LogP contribution in [0.1, 0.15) is 374 Å². The van der Waals surface area contributed by atoms with E-state index in [0.29, 0.717) is 6.61 Å². The van der Waals surface area contributed by atoms with Crippen molar-refractivity contribution in [1.29, 1.82) is 0 Å². The molecule has 0 saturated carbocycles. The molecule has 2 heteroatoms. The smallest absolute Gasteiger partial charge is 0.0540 e. The van der Waals surface area contributed by atoms with Crippen LogP contribution in [0.5, 0.6) is 0 Å². The van der Waals surface area contributed by atoms with Gasteiger partial charge in [-0.1, -0.05) is 355 Å². The van der Waals surface area contributed by atoms with Gasteiger partial charge in [0.2, 0.25) is 0 Å². The largest absolute Gasteiger partial charge is 0.396 e. The average molecular weight is 878 g/mol. The number of hydrogen-bond acceptors (Lipinski definition) is 2. The number of hydrogen-bond donors (Lipinski definition) is 2. The van der Waals surface area contributed by atoms with Gasteiger partial charge < -0.3 is 10.2 Å². The minimum Gasteiger partial charge on any atom is -0.396 e. The van der Waals surface area contributed by atoms with Crippen molar-refractivity contribution in [3.8, 4) is 0 Å². The molecule has 0 amide bonds. The van der Waals surface area contributed by atoms with Crippen molar-refractivity contribution in [2.75, 3.05) is 6.61 Å². The van der Waals surface area contributed by atoms with Crippen molar-refractivity contribution in [3.63, 3.8) is 0 Å². The fourth-order valence-corrected chi connectivity index (χ4v) is 9.54. The maximum atomic E-state index is 9.94. The normalized spacial score (nSPS) is 12.0. The Morgan fingerprint density at radius 1 is 0.194 bits per heavy atom. The standard InChI is InChI=1S/C37H76O.C23H48O/c1-2-3-4-5-6-7-8-9-10-11-12-13-14-15-16-17-18-19-20-21-22-23-24-25-26-27-28-29-30-31-32-33-34-35-36-37-38;1-3-5-7-9-10-11-12-13-14-15-16-17-18-20-22-23(24)21-19-8-6-4-2/h38H,2-37H2,1H3;23-24H,3-22H2,1-2H3. The average Bonchev–Trinajstić information content (AvgIpc) is 3.28. The molecule has 0 rings (SSSR count). The molecule has 0 fully saturated rings.